The average Bonchev–Trinajstić information content (AvgIpc) is 2.73. The minimum atomic E-state index is -3.54. The van der Waals surface area contributed by atoms with Crippen molar-refractivity contribution in [3.8, 4) is 0 Å². The van der Waals surface area contributed by atoms with Gasteiger partial charge in [0.05, 0.1) is 16.1 Å². The molecule has 0 bridgehead atoms. The zero-order valence-corrected chi connectivity index (χ0v) is 16.3. The van der Waals surface area contributed by atoms with Gasteiger partial charge in [-0.05, 0) is 44.6 Å². The highest BCUT2D eigenvalue weighted by molar-refractivity contribution is 7.89. The van der Waals surface area contributed by atoms with E-state index in [1.807, 2.05) is 52.0 Å². The molecule has 1 fully saturated rings. The largest absolute Gasteiger partial charge is 0.495 e. The zero-order chi connectivity index (χ0) is 18.6. The van der Waals surface area contributed by atoms with E-state index in [-0.39, 0.29) is 4.90 Å². The fraction of sp³-hybridized carbons (Fsp3) is 0.444. The summed E-state index contributed by atoms with van der Waals surface area (Å²) in [5, 5.41) is 1.49. The van der Waals surface area contributed by atoms with Gasteiger partial charge in [-0.3, -0.25) is 0 Å². The molecule has 0 aromatic heterocycles. The van der Waals surface area contributed by atoms with Crippen molar-refractivity contribution >= 4 is 33.4 Å². The minimum absolute atomic E-state index is 0.286. The first-order valence-corrected chi connectivity index (χ1v) is 9.71. The second-order valence-corrected chi connectivity index (χ2v) is 9.69. The summed E-state index contributed by atoms with van der Waals surface area (Å²) in [4.78, 5) is 0.286. The summed E-state index contributed by atoms with van der Waals surface area (Å²) in [6.07, 6.45) is 0. The number of hydrogen-bond donors (Lipinski definition) is 0. The lowest BCUT2D eigenvalue weighted by atomic mass is 9.76. The zero-order valence-electron chi connectivity index (χ0n) is 15.5. The molecule has 0 radical (unpaired) electrons. The molecule has 0 atom stereocenters. The molecule has 1 aliphatic rings. The molecule has 3 rings (SSSR count). The highest BCUT2D eigenvalue weighted by Crippen LogP contribution is 2.37. The van der Waals surface area contributed by atoms with Crippen LogP contribution in [0.1, 0.15) is 27.7 Å². The van der Waals surface area contributed by atoms with E-state index < -0.39 is 28.3 Å². The molecule has 0 aliphatic carbocycles. The fourth-order valence-electron chi connectivity index (χ4n) is 2.89. The first-order valence-electron chi connectivity index (χ1n) is 8.27. The maximum Gasteiger partial charge on any atom is 0.495 e. The van der Waals surface area contributed by atoms with E-state index in [1.54, 1.807) is 12.1 Å². The minimum Gasteiger partial charge on any atom is -0.399 e. The predicted octanol–water partition coefficient (Wildman–Crippen LogP) is 2.39. The molecule has 7 heteroatoms. The van der Waals surface area contributed by atoms with Gasteiger partial charge in [-0.1, -0.05) is 30.3 Å². The Bertz CT molecular complexity index is 906. The van der Waals surface area contributed by atoms with E-state index in [1.165, 1.54) is 18.4 Å². The Morgan fingerprint density at radius 1 is 0.880 bits per heavy atom. The number of fused-ring (bicyclic) bond motifs is 1. The van der Waals surface area contributed by atoms with E-state index in [4.69, 9.17) is 9.31 Å². The molecular weight excluding hydrogens is 337 g/mol. The number of nitrogens with zero attached hydrogens (tertiary/aromatic N) is 1. The molecule has 25 heavy (non-hydrogen) atoms. The quantitative estimate of drug-likeness (QED) is 0.788. The van der Waals surface area contributed by atoms with Gasteiger partial charge >= 0.3 is 7.12 Å². The van der Waals surface area contributed by atoms with Crippen LogP contribution in [0.25, 0.3) is 10.8 Å². The maximum absolute atomic E-state index is 12.6. The van der Waals surface area contributed by atoms with Crippen LogP contribution in [0.4, 0.5) is 0 Å². The van der Waals surface area contributed by atoms with Crippen LogP contribution in [0.2, 0.25) is 0 Å². The summed E-state index contributed by atoms with van der Waals surface area (Å²) < 4.78 is 38.8. The van der Waals surface area contributed by atoms with E-state index in [0.29, 0.717) is 5.39 Å². The predicted molar refractivity (Wildman–Crippen MR) is 101 cm³/mol. The highest BCUT2D eigenvalue weighted by Gasteiger charge is 2.52. The molecule has 2 aromatic carbocycles. The van der Waals surface area contributed by atoms with Crippen molar-refractivity contribution in [3.63, 3.8) is 0 Å². The SMILES string of the molecule is CN(C)S(=O)(=O)c1ccc(B2OC(C)(C)C(C)(C)O2)c2ccccc12. The van der Waals surface area contributed by atoms with Crippen molar-refractivity contribution in [2.24, 2.45) is 0 Å². The van der Waals surface area contributed by atoms with Crippen LogP contribution in [0.5, 0.6) is 0 Å². The van der Waals surface area contributed by atoms with Crippen LogP contribution in [0, 0.1) is 0 Å². The Kier molecular flexibility index (Phi) is 4.27. The molecule has 1 saturated heterocycles. The highest BCUT2D eigenvalue weighted by atomic mass is 32.2. The molecule has 0 amide bonds. The van der Waals surface area contributed by atoms with E-state index >= 15 is 0 Å². The topological polar surface area (TPSA) is 55.8 Å². The number of benzene rings is 2. The van der Waals surface area contributed by atoms with Gasteiger partial charge in [0.1, 0.15) is 0 Å². The van der Waals surface area contributed by atoms with Crippen LogP contribution in [-0.4, -0.2) is 45.1 Å². The van der Waals surface area contributed by atoms with Crippen molar-refractivity contribution in [1.82, 2.24) is 4.31 Å². The second-order valence-electron chi connectivity index (χ2n) is 7.57. The fourth-order valence-corrected chi connectivity index (χ4v) is 3.98. The van der Waals surface area contributed by atoms with Crippen LogP contribution in [0.3, 0.4) is 0 Å². The molecule has 5 nitrogen and oxygen atoms in total. The van der Waals surface area contributed by atoms with Crippen LogP contribution < -0.4 is 5.46 Å². The molecular formula is C18H24BNO4S. The van der Waals surface area contributed by atoms with Gasteiger partial charge in [0, 0.05) is 19.5 Å². The van der Waals surface area contributed by atoms with Gasteiger partial charge in [0.2, 0.25) is 10.0 Å². The van der Waals surface area contributed by atoms with Crippen molar-refractivity contribution in [2.45, 2.75) is 43.8 Å². The van der Waals surface area contributed by atoms with Crippen LogP contribution in [0.15, 0.2) is 41.3 Å². The van der Waals surface area contributed by atoms with Gasteiger partial charge < -0.3 is 9.31 Å². The average molecular weight is 361 g/mol. The van der Waals surface area contributed by atoms with Crippen LogP contribution >= 0.6 is 0 Å². The molecule has 2 aromatic rings. The Balaban J connectivity index is 2.18. The number of sulfonamides is 1. The monoisotopic (exact) mass is 361 g/mol. The third kappa shape index (κ3) is 2.89. The summed E-state index contributed by atoms with van der Waals surface area (Å²) in [5.74, 6) is 0. The lowest BCUT2D eigenvalue weighted by Crippen LogP contribution is -2.41. The number of hydrogen-bond acceptors (Lipinski definition) is 4. The van der Waals surface area contributed by atoms with Gasteiger partial charge in [-0.2, -0.15) is 0 Å². The molecule has 134 valence electrons. The van der Waals surface area contributed by atoms with Crippen molar-refractivity contribution < 1.29 is 17.7 Å². The summed E-state index contributed by atoms with van der Waals surface area (Å²) in [6.45, 7) is 8.00. The lowest BCUT2D eigenvalue weighted by Gasteiger charge is -2.32. The second kappa shape index (κ2) is 5.81. The van der Waals surface area contributed by atoms with Gasteiger partial charge in [0.15, 0.2) is 0 Å². The van der Waals surface area contributed by atoms with E-state index in [9.17, 15) is 8.42 Å². The summed E-state index contributed by atoms with van der Waals surface area (Å²) >= 11 is 0. The third-order valence-corrected chi connectivity index (χ3v) is 7.06. The summed E-state index contributed by atoms with van der Waals surface area (Å²) in [7, 11) is -1.01. The van der Waals surface area contributed by atoms with Crippen molar-refractivity contribution in [3.05, 3.63) is 36.4 Å². The van der Waals surface area contributed by atoms with Crippen molar-refractivity contribution in [1.29, 1.82) is 0 Å². The van der Waals surface area contributed by atoms with E-state index in [2.05, 4.69) is 0 Å². The Hall–Kier alpha value is -1.41. The molecule has 0 unspecified atom stereocenters. The molecule has 1 aliphatic heterocycles. The lowest BCUT2D eigenvalue weighted by molar-refractivity contribution is 0.00578. The van der Waals surface area contributed by atoms with Gasteiger partial charge in [0.25, 0.3) is 0 Å². The Morgan fingerprint density at radius 2 is 1.40 bits per heavy atom. The summed E-state index contributed by atoms with van der Waals surface area (Å²) in [6, 6.07) is 10.9. The first kappa shape index (κ1) is 18.4. The smallest absolute Gasteiger partial charge is 0.399 e. The van der Waals surface area contributed by atoms with E-state index in [0.717, 1.165) is 10.8 Å². The third-order valence-electron chi connectivity index (χ3n) is 5.18. The molecule has 0 N–H and O–H groups in total. The number of rotatable bonds is 3. The molecule has 0 saturated carbocycles. The first-order chi connectivity index (χ1) is 11.5. The maximum atomic E-state index is 12.6. The normalized spacial score (nSPS) is 19.7. The Morgan fingerprint density at radius 3 is 1.92 bits per heavy atom. The standard InChI is InChI=1S/C18H24BNO4S/c1-17(2)18(3,4)24-19(23-17)15-11-12-16(25(21,22)20(5)6)14-10-8-7-9-13(14)15/h7-12H,1-6H3. The Labute approximate surface area is 150 Å². The summed E-state index contributed by atoms with van der Waals surface area (Å²) in [5.41, 5.74) is -0.0627. The molecule has 1 heterocycles. The van der Waals surface area contributed by atoms with Crippen LogP contribution in [-0.2, 0) is 19.3 Å². The van der Waals surface area contributed by atoms with Crippen molar-refractivity contribution in [2.75, 3.05) is 14.1 Å². The van der Waals surface area contributed by atoms with Gasteiger partial charge in [-0.15, -0.1) is 0 Å². The molecule has 0 spiro atoms. The van der Waals surface area contributed by atoms with Gasteiger partial charge in [-0.25, -0.2) is 12.7 Å².